The summed E-state index contributed by atoms with van der Waals surface area (Å²) in [6.07, 6.45) is 6.72. The fraction of sp³-hybridized carbons (Fsp3) is 0.0769. The van der Waals surface area contributed by atoms with E-state index in [4.69, 9.17) is 0 Å². The molecule has 0 radical (unpaired) electrons. The van der Waals surface area contributed by atoms with Gasteiger partial charge in [-0.25, -0.2) is 4.98 Å². The molecule has 3 heterocycles. The molecule has 7 nitrogen and oxygen atoms in total. The summed E-state index contributed by atoms with van der Waals surface area (Å²) in [6.45, 7) is 1.94. The van der Waals surface area contributed by atoms with E-state index in [0.29, 0.717) is 17.5 Å². The smallest absolute Gasteiger partial charge is 0.153 e. The van der Waals surface area contributed by atoms with Gasteiger partial charge in [-0.2, -0.15) is 5.10 Å². The third-order valence-electron chi connectivity index (χ3n) is 2.55. The lowest BCUT2D eigenvalue weighted by atomic mass is 10.4. The van der Waals surface area contributed by atoms with Crippen molar-refractivity contribution in [1.29, 1.82) is 0 Å². The van der Waals surface area contributed by atoms with Crippen LogP contribution >= 0.6 is 0 Å². The topological polar surface area (TPSA) is 91.4 Å². The van der Waals surface area contributed by atoms with Gasteiger partial charge in [0.1, 0.15) is 0 Å². The van der Waals surface area contributed by atoms with E-state index < -0.39 is 0 Å². The number of hydrogen-bond donors (Lipinski definition) is 3. The maximum atomic E-state index is 4.41. The molecule has 0 saturated heterocycles. The molecule has 0 fully saturated rings. The van der Waals surface area contributed by atoms with Crippen LogP contribution in [0.2, 0.25) is 0 Å². The van der Waals surface area contributed by atoms with Crippen LogP contribution in [-0.2, 0) is 0 Å². The monoisotopic (exact) mass is 267 g/mol. The number of hydrogen-bond acceptors (Lipinski definition) is 6. The highest BCUT2D eigenvalue weighted by Crippen LogP contribution is 2.16. The van der Waals surface area contributed by atoms with E-state index in [1.165, 1.54) is 0 Å². The molecule has 0 amide bonds. The van der Waals surface area contributed by atoms with Crippen molar-refractivity contribution in [2.24, 2.45) is 0 Å². The zero-order valence-electron chi connectivity index (χ0n) is 10.8. The summed E-state index contributed by atoms with van der Waals surface area (Å²) >= 11 is 0. The van der Waals surface area contributed by atoms with E-state index in [2.05, 4.69) is 35.8 Å². The Balaban J connectivity index is 1.76. The minimum atomic E-state index is 0.621. The predicted octanol–water partition coefficient (Wildman–Crippen LogP) is 2.39. The summed E-state index contributed by atoms with van der Waals surface area (Å²) < 4.78 is 0. The maximum absolute atomic E-state index is 4.41. The SMILES string of the molecule is Cc1cc(Nc2cncc(Nc3ccncc3)n2)n[nH]1. The number of H-pyrrole nitrogens is 1. The van der Waals surface area contributed by atoms with Gasteiger partial charge in [0, 0.05) is 29.8 Å². The van der Waals surface area contributed by atoms with Crippen LogP contribution in [0.15, 0.2) is 43.0 Å². The van der Waals surface area contributed by atoms with Gasteiger partial charge >= 0.3 is 0 Å². The highest BCUT2D eigenvalue weighted by molar-refractivity contribution is 5.58. The Morgan fingerprint density at radius 2 is 1.70 bits per heavy atom. The highest BCUT2D eigenvalue weighted by atomic mass is 15.2. The van der Waals surface area contributed by atoms with Crippen molar-refractivity contribution in [1.82, 2.24) is 25.1 Å². The molecule has 0 aromatic carbocycles. The van der Waals surface area contributed by atoms with Crippen LogP contribution in [0.4, 0.5) is 23.1 Å². The number of aryl methyl sites for hydroxylation is 1. The van der Waals surface area contributed by atoms with Gasteiger partial charge < -0.3 is 10.6 Å². The van der Waals surface area contributed by atoms with Crippen LogP contribution in [0, 0.1) is 6.92 Å². The van der Waals surface area contributed by atoms with Crippen molar-refractivity contribution in [3.63, 3.8) is 0 Å². The minimum Gasteiger partial charge on any atom is -0.339 e. The lowest BCUT2D eigenvalue weighted by Gasteiger charge is -2.06. The second-order valence-electron chi connectivity index (χ2n) is 4.21. The van der Waals surface area contributed by atoms with E-state index in [0.717, 1.165) is 11.4 Å². The molecular formula is C13H13N7. The number of nitrogens with zero attached hydrogens (tertiary/aromatic N) is 4. The average Bonchev–Trinajstić information content (AvgIpc) is 2.86. The Hall–Kier alpha value is -2.96. The Bertz CT molecular complexity index is 693. The third-order valence-corrected chi connectivity index (χ3v) is 2.55. The molecule has 0 atom stereocenters. The number of nitrogens with one attached hydrogen (secondary N) is 3. The van der Waals surface area contributed by atoms with E-state index in [9.17, 15) is 0 Å². The second-order valence-corrected chi connectivity index (χ2v) is 4.21. The zero-order chi connectivity index (χ0) is 13.8. The van der Waals surface area contributed by atoms with Gasteiger partial charge in [0.15, 0.2) is 17.5 Å². The summed E-state index contributed by atoms with van der Waals surface area (Å²) in [5.41, 5.74) is 1.88. The van der Waals surface area contributed by atoms with Gasteiger partial charge in [-0.3, -0.25) is 15.1 Å². The molecule has 3 rings (SSSR count). The number of pyridine rings is 1. The van der Waals surface area contributed by atoms with Crippen LogP contribution in [0.25, 0.3) is 0 Å². The van der Waals surface area contributed by atoms with Crippen LogP contribution in [-0.4, -0.2) is 25.1 Å². The van der Waals surface area contributed by atoms with Gasteiger partial charge in [0.05, 0.1) is 12.4 Å². The normalized spacial score (nSPS) is 10.2. The molecule has 20 heavy (non-hydrogen) atoms. The van der Waals surface area contributed by atoms with Crippen molar-refractivity contribution >= 4 is 23.1 Å². The van der Waals surface area contributed by atoms with Gasteiger partial charge in [-0.15, -0.1) is 0 Å². The lowest BCUT2D eigenvalue weighted by molar-refractivity contribution is 1.05. The second kappa shape index (κ2) is 5.35. The first-order valence-electron chi connectivity index (χ1n) is 6.08. The minimum absolute atomic E-state index is 0.621. The summed E-state index contributed by atoms with van der Waals surface area (Å²) in [5.74, 6) is 1.97. The van der Waals surface area contributed by atoms with Crippen LogP contribution in [0.5, 0.6) is 0 Å². The molecule has 3 N–H and O–H groups in total. The average molecular weight is 267 g/mol. The van der Waals surface area contributed by atoms with Crippen molar-refractivity contribution in [3.8, 4) is 0 Å². The van der Waals surface area contributed by atoms with E-state index in [1.54, 1.807) is 24.8 Å². The molecule has 3 aromatic heterocycles. The van der Waals surface area contributed by atoms with E-state index >= 15 is 0 Å². The standard InChI is InChI=1S/C13H13N7/c1-9-6-11(20-19-9)17-13-8-15-7-12(18-13)16-10-2-4-14-5-3-10/h2-8H,1H3,(H3,14,16,17,18,19,20). The van der Waals surface area contributed by atoms with E-state index in [-0.39, 0.29) is 0 Å². The van der Waals surface area contributed by atoms with Crippen molar-refractivity contribution in [3.05, 3.63) is 48.7 Å². The quantitative estimate of drug-likeness (QED) is 0.672. The molecule has 0 bridgehead atoms. The van der Waals surface area contributed by atoms with E-state index in [1.807, 2.05) is 25.1 Å². The largest absolute Gasteiger partial charge is 0.339 e. The van der Waals surface area contributed by atoms with Gasteiger partial charge in [0.2, 0.25) is 0 Å². The lowest BCUT2D eigenvalue weighted by Crippen LogP contribution is -1.99. The fourth-order valence-corrected chi connectivity index (χ4v) is 1.68. The summed E-state index contributed by atoms with van der Waals surface area (Å²) in [4.78, 5) is 12.5. The molecular weight excluding hydrogens is 254 g/mol. The molecule has 0 aliphatic rings. The number of rotatable bonds is 4. The molecule has 7 heteroatoms. The van der Waals surface area contributed by atoms with Crippen molar-refractivity contribution in [2.45, 2.75) is 6.92 Å². The number of aromatic nitrogens is 5. The first kappa shape index (κ1) is 12.1. The first-order chi connectivity index (χ1) is 9.79. The molecule has 3 aromatic rings. The number of anilines is 4. The van der Waals surface area contributed by atoms with Crippen LogP contribution in [0.1, 0.15) is 5.69 Å². The number of aromatic amines is 1. The molecule has 0 unspecified atom stereocenters. The molecule has 0 aliphatic heterocycles. The zero-order valence-corrected chi connectivity index (χ0v) is 10.8. The summed E-state index contributed by atoms with van der Waals surface area (Å²) in [7, 11) is 0. The maximum Gasteiger partial charge on any atom is 0.153 e. The Morgan fingerprint density at radius 3 is 2.40 bits per heavy atom. The third kappa shape index (κ3) is 2.89. The molecule has 0 spiro atoms. The van der Waals surface area contributed by atoms with Crippen molar-refractivity contribution < 1.29 is 0 Å². The van der Waals surface area contributed by atoms with Crippen molar-refractivity contribution in [2.75, 3.05) is 10.6 Å². The summed E-state index contributed by atoms with van der Waals surface area (Å²) in [6, 6.07) is 5.61. The molecule has 100 valence electrons. The Labute approximate surface area is 115 Å². The Kier molecular flexibility index (Phi) is 3.24. The van der Waals surface area contributed by atoms with Crippen LogP contribution in [0.3, 0.4) is 0 Å². The first-order valence-corrected chi connectivity index (χ1v) is 6.08. The van der Waals surface area contributed by atoms with Gasteiger partial charge in [0.25, 0.3) is 0 Å². The summed E-state index contributed by atoms with van der Waals surface area (Å²) in [5, 5.41) is 13.2. The molecule has 0 saturated carbocycles. The van der Waals surface area contributed by atoms with Crippen LogP contribution < -0.4 is 10.6 Å². The molecule has 0 aliphatic carbocycles. The fourth-order valence-electron chi connectivity index (χ4n) is 1.68. The van der Waals surface area contributed by atoms with Gasteiger partial charge in [-0.1, -0.05) is 0 Å². The predicted molar refractivity (Wildman–Crippen MR) is 76.2 cm³/mol. The highest BCUT2D eigenvalue weighted by Gasteiger charge is 2.02. The van der Waals surface area contributed by atoms with Gasteiger partial charge in [-0.05, 0) is 19.1 Å². The Morgan fingerprint density at radius 1 is 0.950 bits per heavy atom.